The summed E-state index contributed by atoms with van der Waals surface area (Å²) in [7, 11) is -3.63. The van der Waals surface area contributed by atoms with Crippen molar-refractivity contribution in [1.82, 2.24) is 122 Å². The van der Waals surface area contributed by atoms with Crippen LogP contribution in [0.3, 0.4) is 0 Å². The number of aromatic amines is 4. The maximum Gasteiger partial charge on any atom is 0.378 e. The Morgan fingerprint density at radius 1 is 0.453 bits per heavy atom. The first-order valence-corrected chi connectivity index (χ1v) is 20.3. The van der Waals surface area contributed by atoms with Gasteiger partial charge in [-0.1, -0.05) is 10.2 Å². The first-order valence-electron chi connectivity index (χ1n) is 15.7. The van der Waals surface area contributed by atoms with Crippen molar-refractivity contribution in [3.63, 3.8) is 0 Å². The number of nitrogens with one attached hydrogen (secondary N) is 10. The van der Waals surface area contributed by atoms with Crippen molar-refractivity contribution in [2.75, 3.05) is 68.8 Å². The SMILES string of the molecule is CC(=O)Nc1nnc(NC(C)=O)nn1.CNc1nnc(NC)nn1.CS(=O)(=O)Nc1nnc(NS(C)(=O)=O)nn1.Nc1nnc(N)nn1.O=c1nnc(=O)[nH][nH]1.S=c1nnc(=S)[nH][nH]1. The normalized spacial score (nSPS) is 9.84. The van der Waals surface area contributed by atoms with Crippen molar-refractivity contribution in [3.05, 3.63) is 30.5 Å². The quantitative estimate of drug-likeness (QED) is 0.0631. The van der Waals surface area contributed by atoms with Crippen LogP contribution in [0.4, 0.5) is 47.6 Å². The predicted molar refractivity (Wildman–Crippen MR) is 220 cm³/mol. The third kappa shape index (κ3) is 27.2. The molecule has 40 nitrogen and oxygen atoms in total. The maximum absolute atomic E-state index is 10.8. The Balaban J connectivity index is 0.000000393. The minimum atomic E-state index is -3.52. The minimum absolute atomic E-state index is 0.00778. The molecule has 0 atom stereocenters. The lowest BCUT2D eigenvalue weighted by Crippen LogP contribution is -2.24. The molecular weight excluding hydrogens is 945 g/mol. The molecule has 344 valence electrons. The van der Waals surface area contributed by atoms with Crippen LogP contribution in [0.25, 0.3) is 0 Å². The third-order valence-corrected chi connectivity index (χ3v) is 6.01. The van der Waals surface area contributed by atoms with Crippen LogP contribution in [0.2, 0.25) is 0 Å². The molecule has 0 aliphatic rings. The van der Waals surface area contributed by atoms with Crippen LogP contribution in [-0.4, -0.2) is 178 Å². The van der Waals surface area contributed by atoms with Gasteiger partial charge in [0, 0.05) is 27.9 Å². The number of nitrogen functional groups attached to an aromatic ring is 2. The Hall–Kier alpha value is -8.68. The fraction of sp³-hybridized carbons (Fsp3) is 0.300. The summed E-state index contributed by atoms with van der Waals surface area (Å²) in [5.41, 5.74) is 8.72. The van der Waals surface area contributed by atoms with E-state index in [9.17, 15) is 36.0 Å². The predicted octanol–water partition coefficient (Wildman–Crippen LogP) is -6.58. The highest BCUT2D eigenvalue weighted by atomic mass is 32.2. The lowest BCUT2D eigenvalue weighted by atomic mass is 10.7. The third-order valence-electron chi connectivity index (χ3n) is 4.54. The number of amides is 2. The van der Waals surface area contributed by atoms with Gasteiger partial charge >= 0.3 is 11.4 Å². The Morgan fingerprint density at radius 2 is 0.719 bits per heavy atom. The summed E-state index contributed by atoms with van der Waals surface area (Å²) in [6, 6.07) is 0. The molecule has 0 aliphatic carbocycles. The average molecular weight is 977 g/mol. The zero-order chi connectivity index (χ0) is 48.3. The molecule has 6 rings (SSSR count). The monoisotopic (exact) mass is 976 g/mol. The molecule has 14 N–H and O–H groups in total. The Kier molecular flexibility index (Phi) is 22.7. The highest BCUT2D eigenvalue weighted by Crippen LogP contribution is 2.00. The number of anilines is 8. The molecule has 64 heavy (non-hydrogen) atoms. The van der Waals surface area contributed by atoms with Crippen molar-refractivity contribution in [2.45, 2.75) is 13.8 Å². The van der Waals surface area contributed by atoms with E-state index in [4.69, 9.17) is 11.5 Å². The van der Waals surface area contributed by atoms with Crippen LogP contribution in [-0.2, 0) is 29.6 Å². The van der Waals surface area contributed by atoms with E-state index in [0.717, 1.165) is 12.5 Å². The molecular formula is C20H32N32O8S4. The number of sulfonamides is 2. The molecule has 0 bridgehead atoms. The van der Waals surface area contributed by atoms with Crippen molar-refractivity contribution in [2.24, 2.45) is 0 Å². The smallest absolute Gasteiger partial charge is 0.365 e. The van der Waals surface area contributed by atoms with Gasteiger partial charge in [-0.3, -0.25) is 30.4 Å². The second kappa shape index (κ2) is 27.2. The van der Waals surface area contributed by atoms with Crippen LogP contribution in [0.1, 0.15) is 13.8 Å². The molecule has 2 amide bonds. The number of hydrogen-bond acceptors (Lipinski definition) is 34. The standard InChI is InChI=1S/C6H8N6O2.C4H8N6O4S2.C4H8N6.C2H4N6.C2H2N4O2.C2H2N4S2/c1-3(13)7-5-9-11-6(12-10-5)8-4(2)14;1-15(11,12)9-3-5-7-4(8-6-3)10-16(2,13)14;1-5-3-7-9-4(6-2)10-8-3;3-1-5-7-2(4)8-6-1;2*7-1-3-5-2(8)6-4-1/h1-2H3,(H,7,9,10,13)(H,8,11,12,14);1-2H3,(H,5,6,9)(H,7,8,10);1-2H3,(H,5,7,8)(H,6,9,10);(H2,3,5,6)(H2,4,7,8);2*(H,3,4,7)(H,5,6,8). The first-order chi connectivity index (χ1) is 30.0. The molecule has 0 saturated carbocycles. The van der Waals surface area contributed by atoms with Gasteiger partial charge in [-0.25, -0.2) is 46.1 Å². The minimum Gasteiger partial charge on any atom is -0.365 e. The van der Waals surface area contributed by atoms with E-state index in [2.05, 4.69) is 158 Å². The zero-order valence-electron chi connectivity index (χ0n) is 33.0. The number of aromatic nitrogens is 24. The van der Waals surface area contributed by atoms with Crippen molar-refractivity contribution in [1.29, 1.82) is 0 Å². The number of H-pyrrole nitrogens is 4. The molecule has 6 aromatic heterocycles. The number of carbonyl (C=O) groups is 2. The Morgan fingerprint density at radius 3 is 0.938 bits per heavy atom. The van der Waals surface area contributed by atoms with Crippen LogP contribution < -0.4 is 53.6 Å². The number of carbonyl (C=O) groups excluding carboxylic acids is 2. The second-order valence-electron chi connectivity index (χ2n) is 9.99. The second-order valence-corrected chi connectivity index (χ2v) is 14.3. The average Bonchev–Trinajstić information content (AvgIpc) is 3.22. The number of nitrogens with two attached hydrogens (primary N) is 2. The first kappa shape index (κ1) is 53.3. The maximum atomic E-state index is 10.8. The molecule has 0 aromatic carbocycles. The summed E-state index contributed by atoms with van der Waals surface area (Å²) in [4.78, 5) is 41.2. The van der Waals surface area contributed by atoms with E-state index >= 15 is 0 Å². The van der Waals surface area contributed by atoms with Crippen LogP contribution in [0.15, 0.2) is 9.59 Å². The van der Waals surface area contributed by atoms with E-state index in [-0.39, 0.29) is 47.5 Å². The fourth-order valence-corrected chi connectivity index (χ4v) is 3.47. The van der Waals surface area contributed by atoms with Gasteiger partial charge in [-0.05, 0) is 24.4 Å². The van der Waals surface area contributed by atoms with Crippen LogP contribution >= 0.6 is 24.4 Å². The lowest BCUT2D eigenvalue weighted by molar-refractivity contribution is -0.115. The molecule has 44 heteroatoms. The van der Waals surface area contributed by atoms with E-state index < -0.39 is 31.4 Å². The van der Waals surface area contributed by atoms with E-state index in [1.807, 2.05) is 19.6 Å². The summed E-state index contributed by atoms with van der Waals surface area (Å²) in [5, 5.41) is 86.7. The Labute approximate surface area is 364 Å². The lowest BCUT2D eigenvalue weighted by Gasteiger charge is -2.01. The largest absolute Gasteiger partial charge is 0.378 e. The summed E-state index contributed by atoms with van der Waals surface area (Å²) < 4.78 is 47.5. The van der Waals surface area contributed by atoms with E-state index in [1.165, 1.54) is 13.8 Å². The molecule has 0 unspecified atom stereocenters. The number of rotatable bonds is 8. The van der Waals surface area contributed by atoms with Gasteiger partial charge in [-0.15, -0.1) is 91.8 Å². The summed E-state index contributed by atoms with van der Waals surface area (Å²) in [6.45, 7) is 2.62. The van der Waals surface area contributed by atoms with Crippen molar-refractivity contribution < 1.29 is 26.4 Å². The van der Waals surface area contributed by atoms with Gasteiger partial charge in [0.15, 0.2) is 0 Å². The molecule has 0 saturated heterocycles. The Bertz CT molecular complexity index is 2510. The van der Waals surface area contributed by atoms with Gasteiger partial charge in [-0.2, -0.15) is 0 Å². The molecule has 6 heterocycles. The van der Waals surface area contributed by atoms with Crippen LogP contribution in [0, 0.1) is 9.54 Å². The topological polar surface area (TPSA) is 582 Å². The van der Waals surface area contributed by atoms with Gasteiger partial charge < -0.3 is 22.1 Å². The number of nitrogens with zero attached hydrogens (tertiary/aromatic N) is 20. The number of hydrogen-bond donors (Lipinski definition) is 12. The summed E-state index contributed by atoms with van der Waals surface area (Å²) >= 11 is 9.13. The summed E-state index contributed by atoms with van der Waals surface area (Å²) in [6.07, 6.45) is 1.80. The zero-order valence-corrected chi connectivity index (χ0v) is 36.3. The van der Waals surface area contributed by atoms with Crippen molar-refractivity contribution >= 4 is 104 Å². The van der Waals surface area contributed by atoms with Crippen LogP contribution in [0.5, 0.6) is 0 Å². The molecule has 0 aliphatic heterocycles. The summed E-state index contributed by atoms with van der Waals surface area (Å²) in [5.74, 6) is -0.459. The fourth-order valence-electron chi connectivity index (χ4n) is 2.46. The van der Waals surface area contributed by atoms with Gasteiger partial charge in [0.2, 0.25) is 41.4 Å². The molecule has 0 radical (unpaired) electrons. The molecule has 6 aromatic rings. The van der Waals surface area contributed by atoms with Gasteiger partial charge in [0.05, 0.1) is 12.5 Å². The van der Waals surface area contributed by atoms with E-state index in [1.54, 1.807) is 14.1 Å². The highest BCUT2D eigenvalue weighted by molar-refractivity contribution is 7.92. The van der Waals surface area contributed by atoms with Crippen molar-refractivity contribution in [3.8, 4) is 0 Å². The van der Waals surface area contributed by atoms with E-state index in [0.29, 0.717) is 21.4 Å². The van der Waals surface area contributed by atoms with Gasteiger partial charge in [0.25, 0.3) is 47.6 Å². The molecule has 0 fully saturated rings. The highest BCUT2D eigenvalue weighted by Gasteiger charge is 2.09. The molecule has 0 spiro atoms. The van der Waals surface area contributed by atoms with Gasteiger partial charge in [0.1, 0.15) is 0 Å².